The number of rotatable bonds is 4. The summed E-state index contributed by atoms with van der Waals surface area (Å²) in [5.41, 5.74) is -0.132. The van der Waals surface area contributed by atoms with Crippen molar-refractivity contribution in [3.05, 3.63) is 10.0 Å². The highest BCUT2D eigenvalue weighted by Gasteiger charge is 2.40. The van der Waals surface area contributed by atoms with Crippen LogP contribution < -0.4 is 5.32 Å². The van der Waals surface area contributed by atoms with Crippen molar-refractivity contribution in [2.24, 2.45) is 5.92 Å². The standard InChI is InChI=1S/C16H23N3O3S/c20-14(17-9-13-18-19-15(23-13)12-1-2-12)11-3-5-16(6-4-11)10-21-7-8-22-16/h11-12H,1-10H2,(H,17,20). The zero-order valence-corrected chi connectivity index (χ0v) is 14.1. The number of aromatic nitrogens is 2. The molecule has 1 N–H and O–H groups in total. The van der Waals surface area contributed by atoms with E-state index in [-0.39, 0.29) is 17.4 Å². The molecule has 7 heteroatoms. The summed E-state index contributed by atoms with van der Waals surface area (Å²) in [7, 11) is 0. The molecule has 0 atom stereocenters. The number of carbonyl (C=O) groups excluding carboxylic acids is 1. The minimum absolute atomic E-state index is 0.0852. The molecule has 2 aliphatic carbocycles. The summed E-state index contributed by atoms with van der Waals surface area (Å²) in [6.07, 6.45) is 6.04. The Morgan fingerprint density at radius 3 is 2.74 bits per heavy atom. The monoisotopic (exact) mass is 337 g/mol. The maximum absolute atomic E-state index is 12.4. The van der Waals surface area contributed by atoms with Crippen LogP contribution in [0, 0.1) is 5.92 Å². The van der Waals surface area contributed by atoms with Gasteiger partial charge in [-0.1, -0.05) is 11.3 Å². The first-order valence-electron chi connectivity index (χ1n) is 8.56. The second-order valence-corrected chi connectivity index (χ2v) is 7.98. The molecule has 1 aromatic rings. The molecule has 6 nitrogen and oxygen atoms in total. The third-order valence-corrected chi connectivity index (χ3v) is 6.18. The molecular weight excluding hydrogens is 314 g/mol. The van der Waals surface area contributed by atoms with Gasteiger partial charge in [0.05, 0.1) is 32.0 Å². The predicted molar refractivity (Wildman–Crippen MR) is 85.2 cm³/mol. The van der Waals surface area contributed by atoms with Gasteiger partial charge in [-0.15, -0.1) is 10.2 Å². The molecule has 0 aromatic carbocycles. The third kappa shape index (κ3) is 3.56. The first-order valence-corrected chi connectivity index (χ1v) is 9.37. The lowest BCUT2D eigenvalue weighted by atomic mass is 9.78. The van der Waals surface area contributed by atoms with Crippen LogP contribution in [0.5, 0.6) is 0 Å². The molecule has 2 saturated carbocycles. The normalized spacial score (nSPS) is 31.2. The highest BCUT2D eigenvalue weighted by atomic mass is 32.1. The second kappa shape index (κ2) is 6.45. The van der Waals surface area contributed by atoms with Gasteiger partial charge in [0, 0.05) is 11.8 Å². The van der Waals surface area contributed by atoms with E-state index < -0.39 is 0 Å². The van der Waals surface area contributed by atoms with Crippen molar-refractivity contribution in [2.75, 3.05) is 19.8 Å². The topological polar surface area (TPSA) is 73.3 Å². The third-order valence-electron chi connectivity index (χ3n) is 5.09. The van der Waals surface area contributed by atoms with Gasteiger partial charge < -0.3 is 14.8 Å². The van der Waals surface area contributed by atoms with Gasteiger partial charge in [-0.2, -0.15) is 0 Å². The largest absolute Gasteiger partial charge is 0.376 e. The van der Waals surface area contributed by atoms with E-state index in [4.69, 9.17) is 9.47 Å². The predicted octanol–water partition coefficient (Wildman–Crippen LogP) is 2.01. The van der Waals surface area contributed by atoms with Crippen LogP contribution in [-0.2, 0) is 20.8 Å². The molecule has 3 fully saturated rings. The van der Waals surface area contributed by atoms with E-state index in [1.165, 1.54) is 12.8 Å². The van der Waals surface area contributed by atoms with Crippen molar-refractivity contribution in [3.63, 3.8) is 0 Å². The van der Waals surface area contributed by atoms with Crippen molar-refractivity contribution in [2.45, 2.75) is 56.6 Å². The minimum atomic E-state index is -0.132. The zero-order valence-electron chi connectivity index (χ0n) is 13.3. The van der Waals surface area contributed by atoms with Crippen molar-refractivity contribution >= 4 is 17.2 Å². The summed E-state index contributed by atoms with van der Waals surface area (Å²) in [6, 6.07) is 0. The van der Waals surface area contributed by atoms with Gasteiger partial charge in [0.1, 0.15) is 10.0 Å². The van der Waals surface area contributed by atoms with Gasteiger partial charge in [0.2, 0.25) is 5.91 Å². The molecule has 3 aliphatic rings. The lowest BCUT2D eigenvalue weighted by Gasteiger charge is -2.41. The van der Waals surface area contributed by atoms with E-state index in [9.17, 15) is 4.79 Å². The smallest absolute Gasteiger partial charge is 0.223 e. The van der Waals surface area contributed by atoms with E-state index in [1.807, 2.05) is 0 Å². The van der Waals surface area contributed by atoms with E-state index in [1.54, 1.807) is 11.3 Å². The molecule has 1 saturated heterocycles. The first-order chi connectivity index (χ1) is 11.2. The van der Waals surface area contributed by atoms with Gasteiger partial charge in [-0.25, -0.2) is 0 Å². The molecule has 1 spiro atoms. The number of nitrogens with one attached hydrogen (secondary N) is 1. The Balaban J connectivity index is 1.24. The van der Waals surface area contributed by atoms with Gasteiger partial charge in [0.25, 0.3) is 0 Å². The molecule has 4 rings (SSSR count). The number of ether oxygens (including phenoxy) is 2. The molecule has 1 aliphatic heterocycles. The van der Waals surface area contributed by atoms with E-state index >= 15 is 0 Å². The fourth-order valence-corrected chi connectivity index (χ4v) is 4.40. The number of carbonyl (C=O) groups is 1. The van der Waals surface area contributed by atoms with Gasteiger partial charge in [-0.3, -0.25) is 4.79 Å². The Morgan fingerprint density at radius 2 is 2.04 bits per heavy atom. The maximum Gasteiger partial charge on any atom is 0.223 e. The molecule has 2 heterocycles. The van der Waals surface area contributed by atoms with Gasteiger partial charge in [0.15, 0.2) is 0 Å². The fraction of sp³-hybridized carbons (Fsp3) is 0.812. The molecule has 126 valence electrons. The molecular formula is C16H23N3O3S. The quantitative estimate of drug-likeness (QED) is 0.910. The number of amides is 1. The molecule has 0 bridgehead atoms. The summed E-state index contributed by atoms with van der Waals surface area (Å²) in [5.74, 6) is 0.853. The second-order valence-electron chi connectivity index (χ2n) is 6.88. The summed E-state index contributed by atoms with van der Waals surface area (Å²) in [6.45, 7) is 2.55. The fourth-order valence-electron chi connectivity index (χ4n) is 3.45. The highest BCUT2D eigenvalue weighted by molar-refractivity contribution is 7.11. The van der Waals surface area contributed by atoms with Crippen molar-refractivity contribution < 1.29 is 14.3 Å². The number of hydrogen-bond donors (Lipinski definition) is 1. The summed E-state index contributed by atoms with van der Waals surface area (Å²) in [5, 5.41) is 13.5. The van der Waals surface area contributed by atoms with Crippen LogP contribution in [-0.4, -0.2) is 41.5 Å². The van der Waals surface area contributed by atoms with E-state index in [0.29, 0.717) is 32.3 Å². The van der Waals surface area contributed by atoms with Crippen molar-refractivity contribution in [1.82, 2.24) is 15.5 Å². The van der Waals surface area contributed by atoms with Crippen LogP contribution in [0.1, 0.15) is 54.5 Å². The van der Waals surface area contributed by atoms with Gasteiger partial charge in [-0.05, 0) is 38.5 Å². The first kappa shape index (κ1) is 15.5. The number of nitrogens with zero attached hydrogens (tertiary/aromatic N) is 2. The van der Waals surface area contributed by atoms with Crippen LogP contribution in [0.3, 0.4) is 0 Å². The zero-order chi connectivity index (χ0) is 15.7. The maximum atomic E-state index is 12.4. The Hall–Kier alpha value is -1.05. The summed E-state index contributed by atoms with van der Waals surface area (Å²) in [4.78, 5) is 12.4. The molecule has 1 aromatic heterocycles. The lowest BCUT2D eigenvalue weighted by Crippen LogP contribution is -2.47. The van der Waals surface area contributed by atoms with E-state index in [2.05, 4.69) is 15.5 Å². The average Bonchev–Trinajstić information content (AvgIpc) is 3.33. The van der Waals surface area contributed by atoms with Crippen LogP contribution in [0.2, 0.25) is 0 Å². The Labute approximate surface area is 140 Å². The molecule has 23 heavy (non-hydrogen) atoms. The van der Waals surface area contributed by atoms with Gasteiger partial charge >= 0.3 is 0 Å². The van der Waals surface area contributed by atoms with Crippen LogP contribution >= 0.6 is 11.3 Å². The average molecular weight is 337 g/mol. The Morgan fingerprint density at radius 1 is 1.22 bits per heavy atom. The SMILES string of the molecule is O=C(NCc1nnc(C2CC2)s1)C1CCC2(CC1)COCCO2. The van der Waals surface area contributed by atoms with Crippen molar-refractivity contribution in [1.29, 1.82) is 0 Å². The summed E-state index contributed by atoms with van der Waals surface area (Å²) < 4.78 is 11.5. The molecule has 1 amide bonds. The van der Waals surface area contributed by atoms with Crippen LogP contribution in [0.15, 0.2) is 0 Å². The Bertz CT molecular complexity index is 557. The Kier molecular flexibility index (Phi) is 4.34. The summed E-state index contributed by atoms with van der Waals surface area (Å²) >= 11 is 1.64. The minimum Gasteiger partial charge on any atom is -0.376 e. The van der Waals surface area contributed by atoms with Crippen molar-refractivity contribution in [3.8, 4) is 0 Å². The van der Waals surface area contributed by atoms with Crippen LogP contribution in [0.4, 0.5) is 0 Å². The lowest BCUT2D eigenvalue weighted by molar-refractivity contribution is -0.176. The number of hydrogen-bond acceptors (Lipinski definition) is 6. The molecule has 0 unspecified atom stereocenters. The molecule has 0 radical (unpaired) electrons. The van der Waals surface area contributed by atoms with Crippen LogP contribution in [0.25, 0.3) is 0 Å². The highest BCUT2D eigenvalue weighted by Crippen LogP contribution is 2.41. The van der Waals surface area contributed by atoms with E-state index in [0.717, 1.165) is 35.7 Å².